The number of nitro groups is 1. The molecule has 1 saturated heterocycles. The van der Waals surface area contributed by atoms with Crippen molar-refractivity contribution in [3.8, 4) is 0 Å². The van der Waals surface area contributed by atoms with Crippen LogP contribution in [0.4, 0.5) is 10.1 Å². The molecule has 21 heavy (non-hydrogen) atoms. The van der Waals surface area contributed by atoms with Gasteiger partial charge in [-0.05, 0) is 37.8 Å². The molecule has 6 nitrogen and oxygen atoms in total. The van der Waals surface area contributed by atoms with E-state index in [0.717, 1.165) is 37.5 Å². The van der Waals surface area contributed by atoms with Gasteiger partial charge in [0.2, 0.25) is 0 Å². The van der Waals surface area contributed by atoms with Gasteiger partial charge in [0, 0.05) is 25.2 Å². The van der Waals surface area contributed by atoms with E-state index in [0.29, 0.717) is 25.6 Å². The van der Waals surface area contributed by atoms with Gasteiger partial charge in [-0.25, -0.2) is 4.39 Å². The van der Waals surface area contributed by atoms with E-state index >= 15 is 0 Å². The number of likely N-dealkylation sites (tertiary alicyclic amines) is 1. The lowest BCUT2D eigenvalue weighted by Crippen LogP contribution is -2.40. The van der Waals surface area contributed by atoms with Crippen molar-refractivity contribution < 1.29 is 14.1 Å². The summed E-state index contributed by atoms with van der Waals surface area (Å²) in [6.07, 6.45) is 2.66. The topological polar surface area (TPSA) is 89.5 Å². The zero-order chi connectivity index (χ0) is 15.4. The molecular weight excluding hydrogens is 277 g/mol. The molecule has 1 amide bonds. The third-order valence-corrected chi connectivity index (χ3v) is 3.77. The van der Waals surface area contributed by atoms with Crippen LogP contribution in [-0.2, 0) is 0 Å². The Bertz CT molecular complexity index is 548. The van der Waals surface area contributed by atoms with E-state index in [9.17, 15) is 19.3 Å². The van der Waals surface area contributed by atoms with E-state index in [-0.39, 0.29) is 11.3 Å². The predicted molar refractivity (Wildman–Crippen MR) is 75.4 cm³/mol. The maximum Gasteiger partial charge on any atom is 0.270 e. The highest BCUT2D eigenvalue weighted by Crippen LogP contribution is 2.23. The average molecular weight is 295 g/mol. The number of rotatable bonds is 4. The fraction of sp³-hybridized carbons (Fsp3) is 0.500. The Morgan fingerprint density at radius 2 is 2.29 bits per heavy atom. The molecule has 2 N–H and O–H groups in total. The summed E-state index contributed by atoms with van der Waals surface area (Å²) in [6.45, 7) is 1.62. The number of nitro benzene ring substituents is 1. The molecule has 1 aromatic rings. The first-order valence-corrected chi connectivity index (χ1v) is 6.96. The first-order chi connectivity index (χ1) is 10.0. The SMILES string of the molecule is NCCC1CCCN(C(=O)c2cc([N+](=O)[O-])ccc2F)C1. The second kappa shape index (κ2) is 6.62. The van der Waals surface area contributed by atoms with Crippen LogP contribution in [0, 0.1) is 21.8 Å². The summed E-state index contributed by atoms with van der Waals surface area (Å²) in [5.41, 5.74) is 5.01. The molecule has 1 aliphatic heterocycles. The van der Waals surface area contributed by atoms with Crippen molar-refractivity contribution in [3.05, 3.63) is 39.7 Å². The molecule has 0 spiro atoms. The summed E-state index contributed by atoms with van der Waals surface area (Å²) in [5, 5.41) is 10.7. The minimum Gasteiger partial charge on any atom is -0.338 e. The maximum atomic E-state index is 13.8. The Kier molecular flexibility index (Phi) is 4.85. The number of piperidine rings is 1. The molecule has 1 unspecified atom stereocenters. The van der Waals surface area contributed by atoms with Gasteiger partial charge in [0.1, 0.15) is 5.82 Å². The monoisotopic (exact) mass is 295 g/mol. The van der Waals surface area contributed by atoms with Crippen molar-refractivity contribution in [3.63, 3.8) is 0 Å². The van der Waals surface area contributed by atoms with Gasteiger partial charge in [-0.1, -0.05) is 0 Å². The van der Waals surface area contributed by atoms with Crippen LogP contribution in [0.1, 0.15) is 29.6 Å². The fourth-order valence-electron chi connectivity index (χ4n) is 2.68. The number of nitrogens with zero attached hydrogens (tertiary/aromatic N) is 2. The Balaban J connectivity index is 2.19. The Labute approximate surface area is 121 Å². The van der Waals surface area contributed by atoms with Crippen molar-refractivity contribution in [2.45, 2.75) is 19.3 Å². The van der Waals surface area contributed by atoms with Crippen molar-refractivity contribution >= 4 is 11.6 Å². The molecule has 7 heteroatoms. The van der Waals surface area contributed by atoms with Crippen LogP contribution in [-0.4, -0.2) is 35.4 Å². The standard InChI is InChI=1S/C14H18FN3O3/c15-13-4-3-11(18(20)21)8-12(13)14(19)17-7-1-2-10(9-17)5-6-16/h3-4,8,10H,1-2,5-7,9,16H2. The number of amides is 1. The van der Waals surface area contributed by atoms with Gasteiger partial charge >= 0.3 is 0 Å². The quantitative estimate of drug-likeness (QED) is 0.679. The molecule has 0 aromatic heterocycles. The van der Waals surface area contributed by atoms with Crippen molar-refractivity contribution in [1.29, 1.82) is 0 Å². The molecule has 0 radical (unpaired) electrons. The van der Waals surface area contributed by atoms with Crippen LogP contribution in [0.25, 0.3) is 0 Å². The van der Waals surface area contributed by atoms with Gasteiger partial charge in [0.15, 0.2) is 0 Å². The fourth-order valence-corrected chi connectivity index (χ4v) is 2.68. The van der Waals surface area contributed by atoms with Gasteiger partial charge in [0.25, 0.3) is 11.6 Å². The van der Waals surface area contributed by atoms with Crippen molar-refractivity contribution in [1.82, 2.24) is 4.90 Å². The minimum absolute atomic E-state index is 0.238. The number of nitrogens with two attached hydrogens (primary N) is 1. The van der Waals surface area contributed by atoms with E-state index in [1.807, 2.05) is 0 Å². The van der Waals surface area contributed by atoms with Crippen molar-refractivity contribution in [2.24, 2.45) is 11.7 Å². The zero-order valence-corrected chi connectivity index (χ0v) is 11.6. The summed E-state index contributed by atoms with van der Waals surface area (Å²) < 4.78 is 13.8. The molecule has 0 bridgehead atoms. The third-order valence-electron chi connectivity index (χ3n) is 3.77. The van der Waals surface area contributed by atoms with Gasteiger partial charge in [-0.15, -0.1) is 0 Å². The summed E-state index contributed by atoms with van der Waals surface area (Å²) >= 11 is 0. The Morgan fingerprint density at radius 1 is 1.52 bits per heavy atom. The molecule has 0 aliphatic carbocycles. The maximum absolute atomic E-state index is 13.8. The van der Waals surface area contributed by atoms with E-state index in [1.54, 1.807) is 4.90 Å². The van der Waals surface area contributed by atoms with E-state index in [4.69, 9.17) is 5.73 Å². The van der Waals surface area contributed by atoms with Crippen molar-refractivity contribution in [2.75, 3.05) is 19.6 Å². The first kappa shape index (κ1) is 15.4. The second-order valence-electron chi connectivity index (χ2n) is 5.26. The molecule has 1 aliphatic rings. The number of carbonyl (C=O) groups is 1. The molecule has 1 heterocycles. The summed E-state index contributed by atoms with van der Waals surface area (Å²) in [7, 11) is 0. The average Bonchev–Trinajstić information content (AvgIpc) is 2.47. The molecule has 114 valence electrons. The van der Waals surface area contributed by atoms with E-state index < -0.39 is 16.6 Å². The second-order valence-corrected chi connectivity index (χ2v) is 5.26. The molecule has 0 saturated carbocycles. The highest BCUT2D eigenvalue weighted by molar-refractivity contribution is 5.95. The highest BCUT2D eigenvalue weighted by Gasteiger charge is 2.26. The number of carbonyl (C=O) groups excluding carboxylic acids is 1. The summed E-state index contributed by atoms with van der Waals surface area (Å²) in [4.78, 5) is 24.0. The van der Waals surface area contributed by atoms with Gasteiger partial charge < -0.3 is 10.6 Å². The van der Waals surface area contributed by atoms with Crippen LogP contribution in [0.3, 0.4) is 0 Å². The van der Waals surface area contributed by atoms with Crippen LogP contribution < -0.4 is 5.73 Å². The zero-order valence-electron chi connectivity index (χ0n) is 11.6. The predicted octanol–water partition coefficient (Wildman–Crippen LogP) is 1.93. The van der Waals surface area contributed by atoms with Gasteiger partial charge in [-0.3, -0.25) is 14.9 Å². The lowest BCUT2D eigenvalue weighted by atomic mass is 9.94. The normalized spacial score (nSPS) is 18.6. The largest absolute Gasteiger partial charge is 0.338 e. The van der Waals surface area contributed by atoms with Crippen LogP contribution >= 0.6 is 0 Å². The summed E-state index contributed by atoms with van der Waals surface area (Å²) in [6, 6.07) is 3.02. The number of hydrogen-bond donors (Lipinski definition) is 1. The molecule has 1 fully saturated rings. The number of benzene rings is 1. The minimum atomic E-state index is -0.730. The number of non-ortho nitro benzene ring substituents is 1. The molecule has 2 rings (SSSR count). The lowest BCUT2D eigenvalue weighted by molar-refractivity contribution is -0.384. The van der Waals surface area contributed by atoms with Crippen LogP contribution in [0.15, 0.2) is 18.2 Å². The van der Waals surface area contributed by atoms with Crippen LogP contribution in [0.2, 0.25) is 0 Å². The first-order valence-electron chi connectivity index (χ1n) is 6.96. The van der Waals surface area contributed by atoms with Gasteiger partial charge in [-0.2, -0.15) is 0 Å². The van der Waals surface area contributed by atoms with Crippen LogP contribution in [0.5, 0.6) is 0 Å². The Morgan fingerprint density at radius 3 is 2.95 bits per heavy atom. The number of halogens is 1. The molecule has 1 atom stereocenters. The smallest absolute Gasteiger partial charge is 0.270 e. The lowest BCUT2D eigenvalue weighted by Gasteiger charge is -2.32. The Hall–Kier alpha value is -2.02. The van der Waals surface area contributed by atoms with E-state index in [1.165, 1.54) is 0 Å². The van der Waals surface area contributed by atoms with E-state index in [2.05, 4.69) is 0 Å². The number of hydrogen-bond acceptors (Lipinski definition) is 4. The van der Waals surface area contributed by atoms with Gasteiger partial charge in [0.05, 0.1) is 10.5 Å². The third kappa shape index (κ3) is 3.55. The highest BCUT2D eigenvalue weighted by atomic mass is 19.1. The molecular formula is C14H18FN3O3. The molecule has 1 aromatic carbocycles. The summed E-state index contributed by atoms with van der Waals surface area (Å²) in [5.74, 6) is -0.904.